The van der Waals surface area contributed by atoms with Crippen molar-refractivity contribution in [2.75, 3.05) is 5.32 Å². The fourth-order valence-electron chi connectivity index (χ4n) is 2.23. The Morgan fingerprint density at radius 2 is 1.77 bits per heavy atom. The average molecular weight is 355 g/mol. The molecule has 0 spiro atoms. The molecule has 2 aromatic rings. The highest BCUT2D eigenvalue weighted by molar-refractivity contribution is 6.04. The summed E-state index contributed by atoms with van der Waals surface area (Å²) in [5.41, 5.74) is 4.04. The van der Waals surface area contributed by atoms with Gasteiger partial charge in [-0.3, -0.25) is 9.59 Å². The van der Waals surface area contributed by atoms with Gasteiger partial charge in [0.2, 0.25) is 5.91 Å². The van der Waals surface area contributed by atoms with Crippen LogP contribution in [-0.4, -0.2) is 27.7 Å². The molecule has 7 nitrogen and oxygen atoms in total. The molecule has 0 aliphatic heterocycles. The van der Waals surface area contributed by atoms with Crippen LogP contribution < -0.4 is 10.7 Å². The van der Waals surface area contributed by atoms with Gasteiger partial charge in [0.25, 0.3) is 5.91 Å². The standard InChI is InChI=1S/C19H21N3O4/c1-3-4-18(25)20-14-7-10-17(24)16(11-14)12(2)21-22-19(26)13-5-8-15(23)9-6-13/h5-11,23-24H,3-4H2,1-2H3,(H,20,25)(H,22,26)/b21-12+. The number of amides is 2. The van der Waals surface area contributed by atoms with Crippen LogP contribution in [0.15, 0.2) is 47.6 Å². The highest BCUT2D eigenvalue weighted by atomic mass is 16.3. The summed E-state index contributed by atoms with van der Waals surface area (Å²) in [6.07, 6.45) is 1.15. The molecule has 4 N–H and O–H groups in total. The van der Waals surface area contributed by atoms with Gasteiger partial charge >= 0.3 is 0 Å². The Kier molecular flexibility index (Phi) is 6.32. The number of carbonyl (C=O) groups is 2. The summed E-state index contributed by atoms with van der Waals surface area (Å²) < 4.78 is 0. The molecule has 0 fully saturated rings. The summed E-state index contributed by atoms with van der Waals surface area (Å²) >= 11 is 0. The Balaban J connectivity index is 2.13. The third-order valence-corrected chi connectivity index (χ3v) is 3.60. The normalized spacial score (nSPS) is 11.1. The van der Waals surface area contributed by atoms with E-state index in [9.17, 15) is 19.8 Å². The predicted molar refractivity (Wildman–Crippen MR) is 99.4 cm³/mol. The first-order chi connectivity index (χ1) is 12.4. The SMILES string of the molecule is CCCC(=O)Nc1ccc(O)c(/C(C)=N/NC(=O)c2ccc(O)cc2)c1. The zero-order valence-corrected chi connectivity index (χ0v) is 14.6. The molecule has 26 heavy (non-hydrogen) atoms. The van der Waals surface area contributed by atoms with Crippen LogP contribution in [0.4, 0.5) is 5.69 Å². The molecule has 2 amide bonds. The first-order valence-corrected chi connectivity index (χ1v) is 8.17. The fraction of sp³-hybridized carbons (Fsp3) is 0.211. The van der Waals surface area contributed by atoms with Gasteiger partial charge < -0.3 is 15.5 Å². The number of nitrogens with one attached hydrogen (secondary N) is 2. The third-order valence-electron chi connectivity index (χ3n) is 3.60. The summed E-state index contributed by atoms with van der Waals surface area (Å²) in [6.45, 7) is 3.54. The number of hydrogen-bond acceptors (Lipinski definition) is 5. The number of hydrogen-bond donors (Lipinski definition) is 4. The largest absolute Gasteiger partial charge is 0.508 e. The number of phenolic OH excluding ortho intramolecular Hbond substituents is 2. The summed E-state index contributed by atoms with van der Waals surface area (Å²) in [5, 5.41) is 26.0. The molecule has 0 saturated heterocycles. The van der Waals surface area contributed by atoms with E-state index in [2.05, 4.69) is 15.8 Å². The van der Waals surface area contributed by atoms with Gasteiger partial charge in [-0.25, -0.2) is 5.43 Å². The Morgan fingerprint density at radius 3 is 2.42 bits per heavy atom. The van der Waals surface area contributed by atoms with Crippen molar-refractivity contribution >= 4 is 23.2 Å². The highest BCUT2D eigenvalue weighted by Crippen LogP contribution is 2.22. The number of hydrazone groups is 1. The van der Waals surface area contributed by atoms with E-state index in [1.807, 2.05) is 6.92 Å². The molecular weight excluding hydrogens is 334 g/mol. The molecule has 0 unspecified atom stereocenters. The minimum atomic E-state index is -0.448. The number of phenols is 2. The third kappa shape index (κ3) is 5.07. The molecule has 0 aromatic heterocycles. The van der Waals surface area contributed by atoms with Crippen LogP contribution in [-0.2, 0) is 4.79 Å². The van der Waals surface area contributed by atoms with Crippen molar-refractivity contribution in [3.63, 3.8) is 0 Å². The van der Waals surface area contributed by atoms with E-state index >= 15 is 0 Å². The maximum absolute atomic E-state index is 12.0. The van der Waals surface area contributed by atoms with Gasteiger partial charge in [0, 0.05) is 23.2 Å². The van der Waals surface area contributed by atoms with E-state index in [-0.39, 0.29) is 17.4 Å². The first kappa shape index (κ1) is 19.0. The Hall–Kier alpha value is -3.35. The molecule has 2 rings (SSSR count). The minimum absolute atomic E-state index is 0.0152. The molecule has 7 heteroatoms. The van der Waals surface area contributed by atoms with Crippen molar-refractivity contribution in [3.05, 3.63) is 53.6 Å². The Morgan fingerprint density at radius 1 is 1.08 bits per heavy atom. The van der Waals surface area contributed by atoms with Crippen molar-refractivity contribution in [3.8, 4) is 11.5 Å². The quantitative estimate of drug-likeness (QED) is 0.363. The number of benzene rings is 2. The van der Waals surface area contributed by atoms with E-state index in [4.69, 9.17) is 0 Å². The summed E-state index contributed by atoms with van der Waals surface area (Å²) in [6, 6.07) is 10.4. The van der Waals surface area contributed by atoms with Crippen LogP contribution in [0.5, 0.6) is 11.5 Å². The monoisotopic (exact) mass is 355 g/mol. The van der Waals surface area contributed by atoms with Gasteiger partial charge in [0.15, 0.2) is 0 Å². The second-order valence-corrected chi connectivity index (χ2v) is 5.72. The molecule has 0 aliphatic rings. The lowest BCUT2D eigenvalue weighted by Gasteiger charge is -2.09. The summed E-state index contributed by atoms with van der Waals surface area (Å²) in [7, 11) is 0. The van der Waals surface area contributed by atoms with Gasteiger partial charge in [0.05, 0.1) is 5.71 Å². The maximum Gasteiger partial charge on any atom is 0.271 e. The topological polar surface area (TPSA) is 111 Å². The van der Waals surface area contributed by atoms with Gasteiger partial charge in [-0.05, 0) is 55.8 Å². The molecule has 0 bridgehead atoms. The van der Waals surface area contributed by atoms with Crippen LogP contribution >= 0.6 is 0 Å². The van der Waals surface area contributed by atoms with Crippen molar-refractivity contribution < 1.29 is 19.8 Å². The van der Waals surface area contributed by atoms with Gasteiger partial charge in [0.1, 0.15) is 11.5 Å². The molecule has 0 atom stereocenters. The number of nitrogens with zero attached hydrogens (tertiary/aromatic N) is 1. The summed E-state index contributed by atoms with van der Waals surface area (Å²) in [5.74, 6) is -0.512. The van der Waals surface area contributed by atoms with Gasteiger partial charge in [-0.1, -0.05) is 6.92 Å². The van der Waals surface area contributed by atoms with Gasteiger partial charge in [-0.15, -0.1) is 0 Å². The van der Waals surface area contributed by atoms with Crippen LogP contribution in [0.3, 0.4) is 0 Å². The fourth-order valence-corrected chi connectivity index (χ4v) is 2.23. The molecule has 0 heterocycles. The second kappa shape index (κ2) is 8.66. The van der Waals surface area contributed by atoms with Crippen LogP contribution in [0.1, 0.15) is 42.6 Å². The number of rotatable bonds is 6. The number of carbonyl (C=O) groups excluding carboxylic acids is 2. The van der Waals surface area contributed by atoms with Crippen molar-refractivity contribution in [1.29, 1.82) is 0 Å². The zero-order chi connectivity index (χ0) is 19.1. The lowest BCUT2D eigenvalue weighted by atomic mass is 10.1. The second-order valence-electron chi connectivity index (χ2n) is 5.72. The molecule has 136 valence electrons. The molecule has 0 aliphatic carbocycles. The van der Waals surface area contributed by atoms with E-state index in [1.165, 1.54) is 30.3 Å². The number of aromatic hydroxyl groups is 2. The zero-order valence-electron chi connectivity index (χ0n) is 14.6. The Bertz CT molecular complexity index is 829. The van der Waals surface area contributed by atoms with Crippen molar-refractivity contribution in [2.45, 2.75) is 26.7 Å². The van der Waals surface area contributed by atoms with Crippen LogP contribution in [0.25, 0.3) is 0 Å². The van der Waals surface area contributed by atoms with Crippen molar-refractivity contribution in [1.82, 2.24) is 5.43 Å². The Labute approximate surface area is 151 Å². The van der Waals surface area contributed by atoms with Crippen LogP contribution in [0.2, 0.25) is 0 Å². The highest BCUT2D eigenvalue weighted by Gasteiger charge is 2.10. The molecule has 2 aromatic carbocycles. The van der Waals surface area contributed by atoms with E-state index < -0.39 is 5.91 Å². The lowest BCUT2D eigenvalue weighted by molar-refractivity contribution is -0.116. The van der Waals surface area contributed by atoms with Gasteiger partial charge in [-0.2, -0.15) is 5.10 Å². The van der Waals surface area contributed by atoms with E-state index in [0.717, 1.165) is 6.42 Å². The maximum atomic E-state index is 12.0. The summed E-state index contributed by atoms with van der Waals surface area (Å²) in [4.78, 5) is 23.7. The first-order valence-electron chi connectivity index (χ1n) is 8.17. The average Bonchev–Trinajstić information content (AvgIpc) is 2.61. The molecular formula is C19H21N3O4. The van der Waals surface area contributed by atoms with Crippen molar-refractivity contribution in [2.24, 2.45) is 5.10 Å². The molecule has 0 saturated carbocycles. The van der Waals surface area contributed by atoms with E-state index in [0.29, 0.717) is 28.9 Å². The molecule has 0 radical (unpaired) electrons. The number of anilines is 1. The van der Waals surface area contributed by atoms with E-state index in [1.54, 1.807) is 19.1 Å². The smallest absolute Gasteiger partial charge is 0.271 e. The lowest BCUT2D eigenvalue weighted by Crippen LogP contribution is -2.19. The predicted octanol–water partition coefficient (Wildman–Crippen LogP) is 2.99. The minimum Gasteiger partial charge on any atom is -0.508 e. The van der Waals surface area contributed by atoms with Crippen LogP contribution in [0, 0.1) is 0 Å².